The maximum atomic E-state index is 13.1. The van der Waals surface area contributed by atoms with E-state index in [-0.39, 0.29) is 11.4 Å². The van der Waals surface area contributed by atoms with E-state index in [9.17, 15) is 9.18 Å². The molecule has 0 aliphatic rings. The Morgan fingerprint density at radius 1 is 1.53 bits per heavy atom. The molecule has 1 N–H and O–H groups in total. The average molecular weight is 283 g/mol. The molecule has 0 unspecified atom stereocenters. The standard InChI is InChI=1S/C13H12ClFN2O2/c1-8-9(2-5-13(18)19)7-16-17(8)10-3-4-12(15)11(14)6-10/h3-4,6-7H,2,5H2,1H3,(H,18,19). The molecule has 2 rings (SSSR count). The van der Waals surface area contributed by atoms with Crippen molar-refractivity contribution in [1.82, 2.24) is 9.78 Å². The molecule has 1 heterocycles. The van der Waals surface area contributed by atoms with Crippen molar-refractivity contribution in [3.63, 3.8) is 0 Å². The van der Waals surface area contributed by atoms with Gasteiger partial charge in [-0.25, -0.2) is 9.07 Å². The molecule has 0 atom stereocenters. The van der Waals surface area contributed by atoms with E-state index in [0.717, 1.165) is 11.3 Å². The molecule has 19 heavy (non-hydrogen) atoms. The quantitative estimate of drug-likeness (QED) is 0.938. The van der Waals surface area contributed by atoms with Crippen molar-refractivity contribution in [3.8, 4) is 5.69 Å². The number of carboxylic acid groups (broad SMARTS) is 1. The van der Waals surface area contributed by atoms with Crippen LogP contribution in [-0.2, 0) is 11.2 Å². The number of carboxylic acids is 1. The van der Waals surface area contributed by atoms with Crippen LogP contribution in [0.4, 0.5) is 4.39 Å². The molecule has 0 saturated carbocycles. The summed E-state index contributed by atoms with van der Waals surface area (Å²) in [5.41, 5.74) is 2.32. The third kappa shape index (κ3) is 2.93. The zero-order valence-electron chi connectivity index (χ0n) is 10.2. The van der Waals surface area contributed by atoms with E-state index in [1.54, 1.807) is 16.9 Å². The number of aliphatic carboxylic acids is 1. The number of hydrogen-bond acceptors (Lipinski definition) is 2. The normalized spacial score (nSPS) is 10.7. The largest absolute Gasteiger partial charge is 0.481 e. The van der Waals surface area contributed by atoms with E-state index in [0.29, 0.717) is 12.1 Å². The molecule has 0 radical (unpaired) electrons. The first-order valence-electron chi connectivity index (χ1n) is 5.69. The van der Waals surface area contributed by atoms with E-state index in [4.69, 9.17) is 16.7 Å². The number of hydrogen-bond donors (Lipinski definition) is 1. The highest BCUT2D eigenvalue weighted by Crippen LogP contribution is 2.21. The molecule has 0 amide bonds. The van der Waals surface area contributed by atoms with E-state index < -0.39 is 11.8 Å². The third-order valence-corrected chi connectivity index (χ3v) is 3.16. The Balaban J connectivity index is 2.30. The van der Waals surface area contributed by atoms with Crippen molar-refractivity contribution in [2.75, 3.05) is 0 Å². The lowest BCUT2D eigenvalue weighted by Gasteiger charge is -2.06. The molecule has 0 bridgehead atoms. The van der Waals surface area contributed by atoms with Gasteiger partial charge in [-0.15, -0.1) is 0 Å². The van der Waals surface area contributed by atoms with Crippen LogP contribution < -0.4 is 0 Å². The summed E-state index contributed by atoms with van der Waals surface area (Å²) in [6, 6.07) is 4.33. The molecule has 2 aromatic rings. The number of aromatic nitrogens is 2. The Labute approximate surface area is 114 Å². The summed E-state index contributed by atoms with van der Waals surface area (Å²) < 4.78 is 14.7. The highest BCUT2D eigenvalue weighted by atomic mass is 35.5. The zero-order chi connectivity index (χ0) is 14.0. The van der Waals surface area contributed by atoms with Gasteiger partial charge < -0.3 is 5.11 Å². The van der Waals surface area contributed by atoms with Crippen LogP contribution in [0.15, 0.2) is 24.4 Å². The molecular weight excluding hydrogens is 271 g/mol. The maximum absolute atomic E-state index is 13.1. The molecule has 1 aromatic carbocycles. The predicted octanol–water partition coefficient (Wildman–Crippen LogP) is 2.99. The number of halogens is 2. The van der Waals surface area contributed by atoms with Crippen LogP contribution in [0, 0.1) is 12.7 Å². The first kappa shape index (κ1) is 13.5. The van der Waals surface area contributed by atoms with Gasteiger partial charge in [0.25, 0.3) is 0 Å². The van der Waals surface area contributed by atoms with Crippen LogP contribution in [-0.4, -0.2) is 20.9 Å². The van der Waals surface area contributed by atoms with Gasteiger partial charge in [0.15, 0.2) is 0 Å². The Kier molecular flexibility index (Phi) is 3.85. The number of benzene rings is 1. The van der Waals surface area contributed by atoms with E-state index >= 15 is 0 Å². The second-order valence-corrected chi connectivity index (χ2v) is 4.57. The molecular formula is C13H12ClFN2O2. The monoisotopic (exact) mass is 282 g/mol. The summed E-state index contributed by atoms with van der Waals surface area (Å²) in [6.45, 7) is 1.83. The van der Waals surface area contributed by atoms with Crippen molar-refractivity contribution in [2.45, 2.75) is 19.8 Å². The minimum Gasteiger partial charge on any atom is -0.481 e. The minimum absolute atomic E-state index is 0.0273. The van der Waals surface area contributed by atoms with Gasteiger partial charge >= 0.3 is 5.97 Å². The Bertz CT molecular complexity index is 625. The highest BCUT2D eigenvalue weighted by Gasteiger charge is 2.11. The molecule has 0 saturated heterocycles. The zero-order valence-corrected chi connectivity index (χ0v) is 11.0. The van der Waals surface area contributed by atoms with Gasteiger partial charge in [0, 0.05) is 12.1 Å². The van der Waals surface area contributed by atoms with Crippen molar-refractivity contribution in [2.24, 2.45) is 0 Å². The summed E-state index contributed by atoms with van der Waals surface area (Å²) in [5, 5.41) is 12.9. The Hall–Kier alpha value is -1.88. The summed E-state index contributed by atoms with van der Waals surface area (Å²) >= 11 is 5.73. The number of aryl methyl sites for hydroxylation is 1. The van der Waals surface area contributed by atoms with Crippen LogP contribution in [0.5, 0.6) is 0 Å². The molecule has 0 aliphatic heterocycles. The van der Waals surface area contributed by atoms with Crippen LogP contribution in [0.25, 0.3) is 5.69 Å². The van der Waals surface area contributed by atoms with Crippen molar-refractivity contribution >= 4 is 17.6 Å². The van der Waals surface area contributed by atoms with Crippen LogP contribution >= 0.6 is 11.6 Å². The molecule has 0 fully saturated rings. The first-order valence-corrected chi connectivity index (χ1v) is 6.07. The Morgan fingerprint density at radius 2 is 2.26 bits per heavy atom. The highest BCUT2D eigenvalue weighted by molar-refractivity contribution is 6.30. The van der Waals surface area contributed by atoms with E-state index in [2.05, 4.69) is 5.10 Å². The first-order chi connectivity index (χ1) is 8.99. The average Bonchev–Trinajstić information content (AvgIpc) is 2.72. The van der Waals surface area contributed by atoms with E-state index in [1.165, 1.54) is 12.1 Å². The van der Waals surface area contributed by atoms with Gasteiger partial charge in [0.05, 0.1) is 16.9 Å². The lowest BCUT2D eigenvalue weighted by atomic mass is 10.1. The third-order valence-electron chi connectivity index (χ3n) is 2.87. The Morgan fingerprint density at radius 3 is 2.89 bits per heavy atom. The fraction of sp³-hybridized carbons (Fsp3) is 0.231. The molecule has 1 aromatic heterocycles. The summed E-state index contributed by atoms with van der Waals surface area (Å²) in [7, 11) is 0. The van der Waals surface area contributed by atoms with E-state index in [1.807, 2.05) is 6.92 Å². The molecule has 0 spiro atoms. The van der Waals surface area contributed by atoms with Gasteiger partial charge in [0.1, 0.15) is 5.82 Å². The number of nitrogens with zero attached hydrogens (tertiary/aromatic N) is 2. The lowest BCUT2D eigenvalue weighted by molar-refractivity contribution is -0.136. The minimum atomic E-state index is -0.850. The fourth-order valence-corrected chi connectivity index (χ4v) is 1.98. The van der Waals surface area contributed by atoms with Crippen LogP contribution in [0.3, 0.4) is 0 Å². The predicted molar refractivity (Wildman–Crippen MR) is 69.2 cm³/mol. The van der Waals surface area contributed by atoms with Crippen molar-refractivity contribution in [1.29, 1.82) is 0 Å². The van der Waals surface area contributed by atoms with Crippen LogP contribution in [0.2, 0.25) is 5.02 Å². The van der Waals surface area contributed by atoms with Crippen molar-refractivity contribution in [3.05, 3.63) is 46.5 Å². The van der Waals surface area contributed by atoms with Gasteiger partial charge in [-0.3, -0.25) is 4.79 Å². The summed E-state index contributed by atoms with van der Waals surface area (Å²) in [4.78, 5) is 10.6. The number of carbonyl (C=O) groups is 1. The van der Waals surface area contributed by atoms with Gasteiger partial charge in [0.2, 0.25) is 0 Å². The van der Waals surface area contributed by atoms with Gasteiger partial charge in [-0.1, -0.05) is 11.6 Å². The summed E-state index contributed by atoms with van der Waals surface area (Å²) in [6.07, 6.45) is 2.09. The van der Waals surface area contributed by atoms with Crippen LogP contribution in [0.1, 0.15) is 17.7 Å². The molecule has 4 nitrogen and oxygen atoms in total. The topological polar surface area (TPSA) is 55.1 Å². The van der Waals surface area contributed by atoms with Crippen molar-refractivity contribution < 1.29 is 14.3 Å². The molecule has 100 valence electrons. The number of rotatable bonds is 4. The smallest absolute Gasteiger partial charge is 0.303 e. The second-order valence-electron chi connectivity index (χ2n) is 4.16. The molecule has 6 heteroatoms. The van der Waals surface area contributed by atoms with Gasteiger partial charge in [-0.2, -0.15) is 5.10 Å². The second kappa shape index (κ2) is 5.40. The fourth-order valence-electron chi connectivity index (χ4n) is 1.81. The SMILES string of the molecule is Cc1c(CCC(=O)O)cnn1-c1ccc(F)c(Cl)c1. The van der Waals surface area contributed by atoms with Gasteiger partial charge in [-0.05, 0) is 37.1 Å². The summed E-state index contributed by atoms with van der Waals surface area (Å²) in [5.74, 6) is -1.33. The lowest BCUT2D eigenvalue weighted by Crippen LogP contribution is -2.01. The molecule has 0 aliphatic carbocycles. The maximum Gasteiger partial charge on any atom is 0.303 e.